The Morgan fingerprint density at radius 2 is 1.76 bits per heavy atom. The zero-order chi connectivity index (χ0) is 24.0. The number of nitrogens with zero attached hydrogens (tertiary/aromatic N) is 1. The van der Waals surface area contributed by atoms with Gasteiger partial charge in [0.15, 0.2) is 6.61 Å². The summed E-state index contributed by atoms with van der Waals surface area (Å²) in [5.41, 5.74) is 0.697. The van der Waals surface area contributed by atoms with Crippen molar-refractivity contribution in [3.63, 3.8) is 0 Å². The molecule has 174 valence electrons. The lowest BCUT2D eigenvalue weighted by molar-refractivity contribution is -0.142. The Hall–Kier alpha value is -2.76. The van der Waals surface area contributed by atoms with Crippen LogP contribution in [-0.2, 0) is 16.1 Å². The Bertz CT molecular complexity index is 1130. The molecule has 0 aliphatic carbocycles. The molecule has 0 saturated heterocycles. The lowest BCUT2D eigenvalue weighted by Crippen LogP contribution is -2.50. The molecule has 3 rings (SSSR count). The molecule has 0 unspecified atom stereocenters. The highest BCUT2D eigenvalue weighted by Gasteiger charge is 2.28. The minimum absolute atomic E-state index is 0.00274. The summed E-state index contributed by atoms with van der Waals surface area (Å²) in [5.74, 6) is 0.0661. The number of fused-ring (bicyclic) bond motifs is 1. The molecule has 1 N–H and O–H groups in total. The quantitative estimate of drug-likeness (QED) is 0.412. The third-order valence-electron chi connectivity index (χ3n) is 5.62. The van der Waals surface area contributed by atoms with E-state index < -0.39 is 6.04 Å². The van der Waals surface area contributed by atoms with Crippen molar-refractivity contribution in [1.29, 1.82) is 0 Å². The lowest BCUT2D eigenvalue weighted by Gasteiger charge is -2.30. The summed E-state index contributed by atoms with van der Waals surface area (Å²) in [6.45, 7) is 5.57. The Morgan fingerprint density at radius 1 is 1.03 bits per heavy atom. The van der Waals surface area contributed by atoms with Crippen molar-refractivity contribution in [3.8, 4) is 5.75 Å². The van der Waals surface area contributed by atoms with Gasteiger partial charge in [0.2, 0.25) is 5.91 Å². The van der Waals surface area contributed by atoms with E-state index in [0.29, 0.717) is 21.4 Å². The molecular formula is C26H28Cl2N2O3. The second kappa shape index (κ2) is 11.4. The smallest absolute Gasteiger partial charge is 0.261 e. The number of amides is 2. The third kappa shape index (κ3) is 6.40. The fraction of sp³-hybridized carbons (Fsp3) is 0.308. The Balaban J connectivity index is 1.82. The first-order valence-corrected chi connectivity index (χ1v) is 11.7. The summed E-state index contributed by atoms with van der Waals surface area (Å²) in [6, 6.07) is 17.9. The van der Waals surface area contributed by atoms with Gasteiger partial charge in [-0.3, -0.25) is 9.59 Å². The largest absolute Gasteiger partial charge is 0.483 e. The minimum Gasteiger partial charge on any atom is -0.483 e. The predicted octanol–water partition coefficient (Wildman–Crippen LogP) is 5.86. The van der Waals surface area contributed by atoms with E-state index in [0.717, 1.165) is 17.2 Å². The van der Waals surface area contributed by atoms with Gasteiger partial charge in [0, 0.05) is 28.0 Å². The molecule has 0 spiro atoms. The van der Waals surface area contributed by atoms with Gasteiger partial charge in [0.05, 0.1) is 0 Å². The van der Waals surface area contributed by atoms with Crippen LogP contribution in [0.1, 0.15) is 32.8 Å². The molecule has 0 radical (unpaired) electrons. The van der Waals surface area contributed by atoms with Gasteiger partial charge in [-0.2, -0.15) is 0 Å². The third-order valence-corrected chi connectivity index (χ3v) is 6.21. The molecule has 3 aromatic rings. The number of ether oxygens (including phenoxy) is 1. The van der Waals surface area contributed by atoms with Crippen LogP contribution < -0.4 is 10.1 Å². The maximum absolute atomic E-state index is 13.3. The first kappa shape index (κ1) is 24.9. The van der Waals surface area contributed by atoms with Crippen molar-refractivity contribution in [1.82, 2.24) is 10.2 Å². The number of rotatable bonds is 9. The second-order valence-electron chi connectivity index (χ2n) is 8.02. The fourth-order valence-corrected chi connectivity index (χ4v) is 3.89. The first-order valence-electron chi connectivity index (χ1n) is 10.9. The van der Waals surface area contributed by atoms with Crippen LogP contribution in [0.2, 0.25) is 10.0 Å². The first-order chi connectivity index (χ1) is 15.8. The van der Waals surface area contributed by atoms with E-state index in [1.54, 1.807) is 25.1 Å². The predicted molar refractivity (Wildman–Crippen MR) is 134 cm³/mol. The van der Waals surface area contributed by atoms with Crippen molar-refractivity contribution < 1.29 is 14.3 Å². The molecule has 2 atom stereocenters. The lowest BCUT2D eigenvalue weighted by atomic mass is 10.1. The van der Waals surface area contributed by atoms with E-state index in [4.69, 9.17) is 27.9 Å². The second-order valence-corrected chi connectivity index (χ2v) is 8.86. The van der Waals surface area contributed by atoms with Crippen LogP contribution in [0.4, 0.5) is 0 Å². The van der Waals surface area contributed by atoms with Crippen molar-refractivity contribution in [2.45, 2.75) is 45.8 Å². The molecule has 0 bridgehead atoms. The van der Waals surface area contributed by atoms with Crippen molar-refractivity contribution >= 4 is 45.8 Å². The molecule has 5 nitrogen and oxygen atoms in total. The van der Waals surface area contributed by atoms with Gasteiger partial charge in [-0.15, -0.1) is 0 Å². The highest BCUT2D eigenvalue weighted by molar-refractivity contribution is 6.35. The van der Waals surface area contributed by atoms with E-state index in [-0.39, 0.29) is 31.0 Å². The number of halogens is 2. The molecular weight excluding hydrogens is 459 g/mol. The minimum atomic E-state index is -0.714. The van der Waals surface area contributed by atoms with Crippen LogP contribution in [0.25, 0.3) is 10.8 Å². The molecule has 0 fully saturated rings. The molecule has 33 heavy (non-hydrogen) atoms. The SMILES string of the molecule is CC[C@@H](C)NC(=O)[C@@H](C)N(Cc1ccc(Cl)cc1Cl)C(=O)COc1cccc2ccccc12. The molecule has 2 amide bonds. The summed E-state index contributed by atoms with van der Waals surface area (Å²) in [6.07, 6.45) is 0.791. The van der Waals surface area contributed by atoms with Gasteiger partial charge >= 0.3 is 0 Å². The normalized spacial score (nSPS) is 12.8. The summed E-state index contributed by atoms with van der Waals surface area (Å²) in [5, 5.41) is 5.82. The van der Waals surface area contributed by atoms with Crippen LogP contribution in [0.5, 0.6) is 5.75 Å². The molecule has 0 aromatic heterocycles. The van der Waals surface area contributed by atoms with Crippen LogP contribution in [0.15, 0.2) is 60.7 Å². The van der Waals surface area contributed by atoms with Gasteiger partial charge in [-0.25, -0.2) is 0 Å². The summed E-state index contributed by atoms with van der Waals surface area (Å²) in [4.78, 5) is 27.6. The highest BCUT2D eigenvalue weighted by atomic mass is 35.5. The molecule has 3 aromatic carbocycles. The maximum Gasteiger partial charge on any atom is 0.261 e. The zero-order valence-corrected chi connectivity index (χ0v) is 20.5. The highest BCUT2D eigenvalue weighted by Crippen LogP contribution is 2.26. The molecule has 0 saturated carbocycles. The topological polar surface area (TPSA) is 58.6 Å². The van der Waals surface area contributed by atoms with Gasteiger partial charge < -0.3 is 15.0 Å². The average Bonchev–Trinajstić information content (AvgIpc) is 2.81. The van der Waals surface area contributed by atoms with E-state index in [1.807, 2.05) is 56.3 Å². The number of benzene rings is 3. The number of carbonyl (C=O) groups is 2. The van der Waals surface area contributed by atoms with Gasteiger partial charge in [0.25, 0.3) is 5.91 Å². The van der Waals surface area contributed by atoms with Crippen LogP contribution in [-0.4, -0.2) is 35.4 Å². The fourth-order valence-electron chi connectivity index (χ4n) is 3.43. The van der Waals surface area contributed by atoms with Crippen molar-refractivity contribution in [2.24, 2.45) is 0 Å². The number of hydrogen-bond donors (Lipinski definition) is 1. The summed E-state index contributed by atoms with van der Waals surface area (Å²) in [7, 11) is 0. The van der Waals surface area contributed by atoms with Gasteiger partial charge in [-0.1, -0.05) is 72.6 Å². The zero-order valence-electron chi connectivity index (χ0n) is 19.0. The number of carbonyl (C=O) groups excluding carboxylic acids is 2. The Labute approximate surface area is 204 Å². The van der Waals surface area contributed by atoms with Crippen molar-refractivity contribution in [3.05, 3.63) is 76.3 Å². The maximum atomic E-state index is 13.3. The number of nitrogens with one attached hydrogen (secondary N) is 1. The Morgan fingerprint density at radius 3 is 2.48 bits per heavy atom. The summed E-state index contributed by atoms with van der Waals surface area (Å²) < 4.78 is 5.90. The Kier molecular flexibility index (Phi) is 8.59. The molecule has 0 aliphatic heterocycles. The summed E-state index contributed by atoms with van der Waals surface area (Å²) >= 11 is 12.4. The number of hydrogen-bond acceptors (Lipinski definition) is 3. The molecule has 0 heterocycles. The van der Waals surface area contributed by atoms with Crippen LogP contribution in [0.3, 0.4) is 0 Å². The average molecular weight is 487 g/mol. The van der Waals surface area contributed by atoms with Gasteiger partial charge in [0.1, 0.15) is 11.8 Å². The molecule has 0 aliphatic rings. The van der Waals surface area contributed by atoms with E-state index >= 15 is 0 Å². The monoisotopic (exact) mass is 486 g/mol. The van der Waals surface area contributed by atoms with Crippen LogP contribution >= 0.6 is 23.2 Å². The van der Waals surface area contributed by atoms with Gasteiger partial charge in [-0.05, 0) is 49.4 Å². The standard InChI is InChI=1S/C26H28Cl2N2O3/c1-4-17(2)29-26(32)18(3)30(15-20-12-13-21(27)14-23(20)28)25(31)16-33-24-11-7-9-19-8-5-6-10-22(19)24/h5-14,17-18H,4,15-16H2,1-3H3,(H,29,32)/t17-,18-/m1/s1. The van der Waals surface area contributed by atoms with Crippen molar-refractivity contribution in [2.75, 3.05) is 6.61 Å². The van der Waals surface area contributed by atoms with Crippen LogP contribution in [0, 0.1) is 0 Å². The van der Waals surface area contributed by atoms with E-state index in [2.05, 4.69) is 5.32 Å². The molecule has 7 heteroatoms. The van der Waals surface area contributed by atoms with E-state index in [1.165, 1.54) is 4.90 Å². The van der Waals surface area contributed by atoms with E-state index in [9.17, 15) is 9.59 Å².